The summed E-state index contributed by atoms with van der Waals surface area (Å²) in [7, 11) is 0. The van der Waals surface area contributed by atoms with Crippen LogP contribution in [0, 0.1) is 6.42 Å². The first-order chi connectivity index (χ1) is 6.40. The number of benzene rings is 1. The van der Waals surface area contributed by atoms with Crippen LogP contribution < -0.4 is 9.47 Å². The Morgan fingerprint density at radius 1 is 1.31 bits per heavy atom. The molecule has 0 bridgehead atoms. The average Bonchev–Trinajstić information content (AvgIpc) is 2.18. The van der Waals surface area contributed by atoms with E-state index >= 15 is 0 Å². The maximum atomic E-state index is 5.62. The normalized spacial score (nSPS) is 19.5. The Hall–Kier alpha value is -1.44. The van der Waals surface area contributed by atoms with Gasteiger partial charge in [0, 0.05) is 6.42 Å². The molecule has 1 atom stereocenters. The van der Waals surface area contributed by atoms with E-state index in [1.165, 1.54) is 0 Å². The number of hydrogen-bond donors (Lipinski definition) is 0. The van der Waals surface area contributed by atoms with Crippen molar-refractivity contribution in [2.45, 2.75) is 6.10 Å². The Morgan fingerprint density at radius 3 is 2.85 bits per heavy atom. The van der Waals surface area contributed by atoms with E-state index in [1.54, 1.807) is 6.08 Å². The molecule has 0 saturated heterocycles. The minimum absolute atomic E-state index is 0.00704. The SMILES string of the molecule is C=C[CH]C1COc2ccccc2O1. The van der Waals surface area contributed by atoms with E-state index in [0.717, 1.165) is 11.5 Å². The number of hydrogen-bond acceptors (Lipinski definition) is 2. The molecule has 0 aliphatic carbocycles. The van der Waals surface area contributed by atoms with E-state index in [1.807, 2.05) is 30.7 Å². The van der Waals surface area contributed by atoms with Crippen LogP contribution in [-0.4, -0.2) is 12.7 Å². The minimum atomic E-state index is -0.00704. The number of rotatable bonds is 2. The highest BCUT2D eigenvalue weighted by molar-refractivity contribution is 5.41. The highest BCUT2D eigenvalue weighted by Crippen LogP contribution is 2.31. The van der Waals surface area contributed by atoms with Gasteiger partial charge in [0.1, 0.15) is 12.7 Å². The van der Waals surface area contributed by atoms with E-state index in [0.29, 0.717) is 6.61 Å². The molecule has 2 rings (SSSR count). The fraction of sp³-hybridized carbons (Fsp3) is 0.182. The lowest BCUT2D eigenvalue weighted by atomic mass is 10.2. The Morgan fingerprint density at radius 2 is 2.08 bits per heavy atom. The summed E-state index contributed by atoms with van der Waals surface area (Å²) >= 11 is 0. The standard InChI is InChI=1S/C11H11O2/c1-2-5-9-8-12-10-6-3-4-7-11(10)13-9/h2-7,9H,1,8H2. The summed E-state index contributed by atoms with van der Waals surface area (Å²) in [5, 5.41) is 0. The van der Waals surface area contributed by atoms with Gasteiger partial charge in [-0.15, -0.1) is 6.58 Å². The van der Waals surface area contributed by atoms with Crippen molar-refractivity contribution in [2.75, 3.05) is 6.61 Å². The van der Waals surface area contributed by atoms with Crippen LogP contribution in [0.4, 0.5) is 0 Å². The molecule has 1 aliphatic rings. The second-order valence-electron chi connectivity index (χ2n) is 2.84. The van der Waals surface area contributed by atoms with Crippen molar-refractivity contribution < 1.29 is 9.47 Å². The lowest BCUT2D eigenvalue weighted by Crippen LogP contribution is -2.28. The molecule has 1 radical (unpaired) electrons. The lowest BCUT2D eigenvalue weighted by Gasteiger charge is -2.25. The maximum Gasteiger partial charge on any atom is 0.161 e. The summed E-state index contributed by atoms with van der Waals surface area (Å²) in [6, 6.07) is 7.66. The molecular formula is C11H11O2. The number of para-hydroxylation sites is 2. The fourth-order valence-electron chi connectivity index (χ4n) is 1.28. The Labute approximate surface area is 77.8 Å². The Bertz CT molecular complexity index is 307. The highest BCUT2D eigenvalue weighted by atomic mass is 16.6. The smallest absolute Gasteiger partial charge is 0.161 e. The molecule has 0 fully saturated rings. The van der Waals surface area contributed by atoms with Gasteiger partial charge in [-0.2, -0.15) is 0 Å². The molecule has 0 saturated carbocycles. The second kappa shape index (κ2) is 3.52. The molecule has 0 amide bonds. The molecular weight excluding hydrogens is 164 g/mol. The Balaban J connectivity index is 2.15. The fourth-order valence-corrected chi connectivity index (χ4v) is 1.28. The Kier molecular flexibility index (Phi) is 2.21. The van der Waals surface area contributed by atoms with Crippen molar-refractivity contribution in [2.24, 2.45) is 0 Å². The van der Waals surface area contributed by atoms with Gasteiger partial charge < -0.3 is 9.47 Å². The van der Waals surface area contributed by atoms with Crippen LogP contribution in [0.3, 0.4) is 0 Å². The second-order valence-corrected chi connectivity index (χ2v) is 2.84. The van der Waals surface area contributed by atoms with Crippen molar-refractivity contribution in [3.63, 3.8) is 0 Å². The summed E-state index contributed by atoms with van der Waals surface area (Å²) in [4.78, 5) is 0. The molecule has 1 unspecified atom stereocenters. The van der Waals surface area contributed by atoms with Gasteiger partial charge in [0.05, 0.1) is 0 Å². The first-order valence-corrected chi connectivity index (χ1v) is 4.24. The van der Waals surface area contributed by atoms with E-state index in [-0.39, 0.29) is 6.10 Å². The van der Waals surface area contributed by atoms with Gasteiger partial charge in [-0.25, -0.2) is 0 Å². The van der Waals surface area contributed by atoms with Gasteiger partial charge in [0.15, 0.2) is 11.5 Å². The van der Waals surface area contributed by atoms with Gasteiger partial charge in [-0.05, 0) is 12.1 Å². The zero-order valence-corrected chi connectivity index (χ0v) is 7.27. The van der Waals surface area contributed by atoms with Crippen molar-refractivity contribution in [3.05, 3.63) is 43.3 Å². The molecule has 1 aliphatic heterocycles. The van der Waals surface area contributed by atoms with Gasteiger partial charge in [-0.3, -0.25) is 0 Å². The molecule has 2 nitrogen and oxygen atoms in total. The van der Waals surface area contributed by atoms with Crippen LogP contribution in [0.15, 0.2) is 36.9 Å². The summed E-state index contributed by atoms with van der Waals surface area (Å²) in [6.07, 6.45) is 3.60. The molecule has 1 aromatic rings. The van der Waals surface area contributed by atoms with Crippen LogP contribution >= 0.6 is 0 Å². The first-order valence-electron chi connectivity index (χ1n) is 4.24. The van der Waals surface area contributed by atoms with E-state index < -0.39 is 0 Å². The lowest BCUT2D eigenvalue weighted by molar-refractivity contribution is 0.115. The average molecular weight is 175 g/mol. The van der Waals surface area contributed by atoms with Gasteiger partial charge in [0.2, 0.25) is 0 Å². The predicted molar refractivity (Wildman–Crippen MR) is 50.9 cm³/mol. The quantitative estimate of drug-likeness (QED) is 0.686. The molecule has 67 valence electrons. The van der Waals surface area contributed by atoms with Crippen molar-refractivity contribution in [3.8, 4) is 11.5 Å². The molecule has 0 N–H and O–H groups in total. The molecule has 13 heavy (non-hydrogen) atoms. The summed E-state index contributed by atoms with van der Waals surface area (Å²) in [6.45, 7) is 4.18. The predicted octanol–water partition coefficient (Wildman–Crippen LogP) is 2.22. The van der Waals surface area contributed by atoms with Gasteiger partial charge >= 0.3 is 0 Å². The third-order valence-corrected chi connectivity index (χ3v) is 1.88. The van der Waals surface area contributed by atoms with Gasteiger partial charge in [-0.1, -0.05) is 18.2 Å². The molecule has 1 heterocycles. The van der Waals surface area contributed by atoms with Crippen molar-refractivity contribution in [1.29, 1.82) is 0 Å². The zero-order valence-electron chi connectivity index (χ0n) is 7.27. The van der Waals surface area contributed by atoms with Crippen molar-refractivity contribution >= 4 is 0 Å². The first kappa shape index (κ1) is 8.17. The monoisotopic (exact) mass is 175 g/mol. The summed E-state index contributed by atoms with van der Waals surface area (Å²) in [5.41, 5.74) is 0. The van der Waals surface area contributed by atoms with Crippen LogP contribution in [0.25, 0.3) is 0 Å². The molecule has 1 aromatic carbocycles. The highest BCUT2D eigenvalue weighted by Gasteiger charge is 2.18. The number of ether oxygens (including phenoxy) is 2. The third-order valence-electron chi connectivity index (χ3n) is 1.88. The summed E-state index contributed by atoms with van der Waals surface area (Å²) < 4.78 is 11.1. The molecule has 0 spiro atoms. The van der Waals surface area contributed by atoms with Crippen LogP contribution in [0.1, 0.15) is 0 Å². The topological polar surface area (TPSA) is 18.5 Å². The van der Waals surface area contributed by atoms with Crippen molar-refractivity contribution in [1.82, 2.24) is 0 Å². The largest absolute Gasteiger partial charge is 0.486 e. The summed E-state index contributed by atoms with van der Waals surface area (Å²) in [5.74, 6) is 1.62. The van der Waals surface area contributed by atoms with E-state index in [9.17, 15) is 0 Å². The maximum absolute atomic E-state index is 5.62. The van der Waals surface area contributed by atoms with E-state index in [4.69, 9.17) is 9.47 Å². The van der Waals surface area contributed by atoms with Crippen LogP contribution in [-0.2, 0) is 0 Å². The van der Waals surface area contributed by atoms with Crippen LogP contribution in [0.2, 0.25) is 0 Å². The number of fused-ring (bicyclic) bond motifs is 1. The third kappa shape index (κ3) is 1.66. The van der Waals surface area contributed by atoms with Gasteiger partial charge in [0.25, 0.3) is 0 Å². The minimum Gasteiger partial charge on any atom is -0.486 e. The van der Waals surface area contributed by atoms with E-state index in [2.05, 4.69) is 6.58 Å². The molecule has 0 aromatic heterocycles. The van der Waals surface area contributed by atoms with Crippen LogP contribution in [0.5, 0.6) is 11.5 Å². The zero-order chi connectivity index (χ0) is 9.10. The molecule has 2 heteroatoms.